The Morgan fingerprint density at radius 3 is 2.72 bits per heavy atom. The van der Waals surface area contributed by atoms with Crippen molar-refractivity contribution < 1.29 is 28.5 Å². The number of piperidine rings is 1. The number of fused-ring (bicyclic) bond motifs is 3. The van der Waals surface area contributed by atoms with Crippen LogP contribution < -0.4 is 9.64 Å². The average molecular weight is 688 g/mol. The molecule has 1 saturated heterocycles. The van der Waals surface area contributed by atoms with Crippen molar-refractivity contribution >= 4 is 27.5 Å². The Labute approximate surface area is 292 Å². The molecule has 2 fully saturated rings. The Hall–Kier alpha value is -4.11. The smallest absolute Gasteiger partial charge is 0.319 e. The van der Waals surface area contributed by atoms with Crippen LogP contribution in [0.3, 0.4) is 0 Å². The molecule has 2 N–H and O–H groups in total. The molecule has 3 heterocycles. The average Bonchev–Trinajstić information content (AvgIpc) is 3.56. The molecule has 1 aliphatic heterocycles. The van der Waals surface area contributed by atoms with E-state index in [1.807, 2.05) is 6.92 Å². The van der Waals surface area contributed by atoms with Gasteiger partial charge in [0.1, 0.15) is 35.3 Å². The molecule has 3 unspecified atom stereocenters. The van der Waals surface area contributed by atoms with Crippen molar-refractivity contribution in [1.82, 2.24) is 19.9 Å². The van der Waals surface area contributed by atoms with E-state index in [1.54, 1.807) is 12.0 Å². The van der Waals surface area contributed by atoms with Gasteiger partial charge in [0.2, 0.25) is 0 Å². The highest BCUT2D eigenvalue weighted by Gasteiger charge is 2.48. The van der Waals surface area contributed by atoms with Gasteiger partial charge in [0.05, 0.1) is 23.7 Å². The lowest BCUT2D eigenvalue weighted by molar-refractivity contribution is -0.0303. The van der Waals surface area contributed by atoms with Gasteiger partial charge in [-0.05, 0) is 68.7 Å². The Morgan fingerprint density at radius 1 is 1.16 bits per heavy atom. The van der Waals surface area contributed by atoms with Crippen LogP contribution in [0.15, 0.2) is 30.5 Å². The molecule has 9 nitrogen and oxygen atoms in total. The Kier molecular flexibility index (Phi) is 11.0. The van der Waals surface area contributed by atoms with Gasteiger partial charge in [-0.1, -0.05) is 45.1 Å². The van der Waals surface area contributed by atoms with Crippen molar-refractivity contribution in [1.29, 1.82) is 0 Å². The second-order valence-corrected chi connectivity index (χ2v) is 13.7. The highest BCUT2D eigenvalue weighted by Crippen LogP contribution is 2.48. The van der Waals surface area contributed by atoms with Crippen LogP contribution in [-0.4, -0.2) is 82.3 Å². The maximum Gasteiger partial charge on any atom is 0.319 e. The number of halogens is 2. The maximum atomic E-state index is 16.9. The van der Waals surface area contributed by atoms with Crippen LogP contribution in [0.2, 0.25) is 0 Å². The summed E-state index contributed by atoms with van der Waals surface area (Å²) in [7, 11) is 1.79. The summed E-state index contributed by atoms with van der Waals surface area (Å²) in [6.45, 7) is 6.62. The lowest BCUT2D eigenvalue weighted by atomic mass is 9.75. The first-order valence-electron chi connectivity index (χ1n) is 17.8. The van der Waals surface area contributed by atoms with Gasteiger partial charge >= 0.3 is 6.01 Å². The van der Waals surface area contributed by atoms with Crippen LogP contribution in [0.25, 0.3) is 32.9 Å². The Balaban J connectivity index is 1.43. The molecule has 2 aromatic carbocycles. The molecule has 1 saturated carbocycles. The molecule has 3 atom stereocenters. The molecule has 11 heteroatoms. The predicted molar refractivity (Wildman–Crippen MR) is 191 cm³/mol. The number of hydrogen-bond acceptors (Lipinski definition) is 9. The van der Waals surface area contributed by atoms with E-state index in [4.69, 9.17) is 20.9 Å². The van der Waals surface area contributed by atoms with Gasteiger partial charge < -0.3 is 24.6 Å². The number of unbranched alkanes of at least 4 members (excludes halogenated alkanes) is 1. The summed E-state index contributed by atoms with van der Waals surface area (Å²) in [5, 5.41) is 22.0. The molecule has 1 aliphatic carbocycles. The molecule has 6 rings (SSSR count). The zero-order valence-electron chi connectivity index (χ0n) is 29.2. The maximum absolute atomic E-state index is 16.9. The SMILES string of the molecule is C#Cc1c(F)ccc2cc(O)cc(-c3ncc4c(N(CO)CCCC)nc(OCC56CCCC5N(CC(CCC)OC)CCC6)nc4c3F)c12. The number of nitrogens with zero attached hydrogens (tertiary/aromatic N) is 5. The molecule has 0 spiro atoms. The second-order valence-electron chi connectivity index (χ2n) is 13.7. The van der Waals surface area contributed by atoms with Gasteiger partial charge in [0.15, 0.2) is 5.82 Å². The van der Waals surface area contributed by atoms with Crippen molar-refractivity contribution in [3.8, 4) is 35.4 Å². The quantitative estimate of drug-likeness (QED) is 0.105. The molecule has 2 aliphatic rings. The summed E-state index contributed by atoms with van der Waals surface area (Å²) >= 11 is 0. The van der Waals surface area contributed by atoms with Gasteiger partial charge in [-0.25, -0.2) is 8.78 Å². The normalized spacial score (nSPS) is 19.8. The molecule has 50 heavy (non-hydrogen) atoms. The minimum Gasteiger partial charge on any atom is -0.508 e. The lowest BCUT2D eigenvalue weighted by Gasteiger charge is -2.47. The zero-order chi connectivity index (χ0) is 35.4. The number of methoxy groups -OCH3 is 1. The number of pyridine rings is 1. The fourth-order valence-electron chi connectivity index (χ4n) is 8.17. The van der Waals surface area contributed by atoms with E-state index in [0.29, 0.717) is 35.8 Å². The first-order chi connectivity index (χ1) is 24.3. The second kappa shape index (κ2) is 15.4. The third kappa shape index (κ3) is 6.81. The van der Waals surface area contributed by atoms with Crippen molar-refractivity contribution in [3.63, 3.8) is 0 Å². The summed E-state index contributed by atoms with van der Waals surface area (Å²) in [5.41, 5.74) is -0.244. The number of rotatable bonds is 14. The molecule has 0 amide bonds. The number of hydrogen-bond donors (Lipinski definition) is 2. The van der Waals surface area contributed by atoms with E-state index in [-0.39, 0.29) is 57.7 Å². The number of aromatic nitrogens is 3. The number of aromatic hydroxyl groups is 1. The van der Waals surface area contributed by atoms with Gasteiger partial charge in [-0.15, -0.1) is 6.42 Å². The highest BCUT2D eigenvalue weighted by atomic mass is 19.1. The van der Waals surface area contributed by atoms with Crippen LogP contribution in [0.5, 0.6) is 11.8 Å². The van der Waals surface area contributed by atoms with E-state index in [0.717, 1.165) is 70.9 Å². The fourth-order valence-corrected chi connectivity index (χ4v) is 8.17. The van der Waals surface area contributed by atoms with Gasteiger partial charge in [0.25, 0.3) is 0 Å². The van der Waals surface area contributed by atoms with E-state index in [1.165, 1.54) is 30.5 Å². The number of phenols is 1. The van der Waals surface area contributed by atoms with E-state index in [2.05, 4.69) is 27.7 Å². The molecule has 2 aromatic heterocycles. The standard InChI is InChI=1S/C39H47F2N5O4/c1-5-8-17-46(24-47)37-30-21-42-35(29-20-26(48)19-25-13-14-31(40)28(7-3)33(25)29)34(41)36(30)43-38(44-37)50-23-39-15-9-12-32(39)45(18-10-16-39)22-27(49-4)11-6-2/h3,13-14,19-21,27,32,47-48H,5-6,8-12,15-18,22-24H2,1-2,4H3. The minimum atomic E-state index is -0.800. The number of aliphatic hydroxyl groups is 1. The van der Waals surface area contributed by atoms with Gasteiger partial charge in [0, 0.05) is 48.8 Å². The number of anilines is 1. The van der Waals surface area contributed by atoms with Crippen molar-refractivity contribution in [2.24, 2.45) is 5.41 Å². The number of aliphatic hydroxyl groups excluding tert-OH is 1. The molecule has 0 bridgehead atoms. The monoisotopic (exact) mass is 687 g/mol. The topological polar surface area (TPSA) is 104 Å². The molecule has 4 aromatic rings. The van der Waals surface area contributed by atoms with Crippen molar-refractivity contribution in [3.05, 3.63) is 47.7 Å². The van der Waals surface area contributed by atoms with Crippen LogP contribution >= 0.6 is 0 Å². The first-order valence-corrected chi connectivity index (χ1v) is 17.8. The van der Waals surface area contributed by atoms with E-state index in [9.17, 15) is 14.6 Å². The number of terminal acetylenes is 1. The summed E-state index contributed by atoms with van der Waals surface area (Å²) in [6, 6.07) is 5.80. The van der Waals surface area contributed by atoms with Crippen molar-refractivity contribution in [2.45, 2.75) is 83.8 Å². The van der Waals surface area contributed by atoms with E-state index < -0.39 is 11.6 Å². The van der Waals surface area contributed by atoms with Crippen LogP contribution in [-0.2, 0) is 4.74 Å². The fraction of sp³-hybridized carbons (Fsp3) is 0.513. The predicted octanol–water partition coefficient (Wildman–Crippen LogP) is 7.20. The Bertz CT molecular complexity index is 1880. The number of benzene rings is 2. The summed E-state index contributed by atoms with van der Waals surface area (Å²) in [5.74, 6) is 1.09. The number of likely N-dealkylation sites (tertiary alicyclic amines) is 1. The first kappa shape index (κ1) is 35.7. The van der Waals surface area contributed by atoms with Crippen LogP contribution in [0, 0.1) is 29.4 Å². The summed E-state index contributed by atoms with van der Waals surface area (Å²) < 4.78 is 44.0. The third-order valence-electron chi connectivity index (χ3n) is 10.6. The molecule has 0 radical (unpaired) electrons. The summed E-state index contributed by atoms with van der Waals surface area (Å²) in [6.07, 6.45) is 16.3. The summed E-state index contributed by atoms with van der Waals surface area (Å²) in [4.78, 5) is 18.0. The minimum absolute atomic E-state index is 0.00697. The van der Waals surface area contributed by atoms with E-state index >= 15 is 4.39 Å². The number of phenolic OH excluding ortho intramolecular Hbond substituents is 1. The van der Waals surface area contributed by atoms with Gasteiger partial charge in [-0.3, -0.25) is 9.88 Å². The van der Waals surface area contributed by atoms with Crippen molar-refractivity contribution in [2.75, 3.05) is 45.0 Å². The lowest BCUT2D eigenvalue weighted by Crippen LogP contribution is -2.54. The number of ether oxygens (including phenoxy) is 2. The highest BCUT2D eigenvalue weighted by molar-refractivity contribution is 6.03. The zero-order valence-corrected chi connectivity index (χ0v) is 29.2. The molecule has 266 valence electrons. The Morgan fingerprint density at radius 2 is 1.98 bits per heavy atom. The van der Waals surface area contributed by atoms with Crippen LogP contribution in [0.4, 0.5) is 14.6 Å². The van der Waals surface area contributed by atoms with Crippen LogP contribution in [0.1, 0.15) is 77.2 Å². The largest absolute Gasteiger partial charge is 0.508 e. The molecular weight excluding hydrogens is 640 g/mol. The third-order valence-corrected chi connectivity index (χ3v) is 10.6. The van der Waals surface area contributed by atoms with Gasteiger partial charge in [-0.2, -0.15) is 9.97 Å². The molecular formula is C39H47F2N5O4.